The minimum absolute atomic E-state index is 0.0306. The summed E-state index contributed by atoms with van der Waals surface area (Å²) < 4.78 is 16.8. The molecule has 0 fully saturated rings. The largest absolute Gasteiger partial charge is 0.461 e. The lowest BCUT2D eigenvalue weighted by molar-refractivity contribution is -0.156. The monoisotopic (exact) mass is 801 g/mol. The lowest BCUT2D eigenvalue weighted by Crippen LogP contribution is -2.49. The van der Waals surface area contributed by atoms with E-state index in [0.29, 0.717) is 12.0 Å². The summed E-state index contributed by atoms with van der Waals surface area (Å²) in [6.45, 7) is 6.75. The number of rotatable bonds is 22. The van der Waals surface area contributed by atoms with Crippen molar-refractivity contribution in [1.29, 1.82) is 0 Å². The molecule has 0 spiro atoms. The predicted molar refractivity (Wildman–Crippen MR) is 222 cm³/mol. The van der Waals surface area contributed by atoms with Gasteiger partial charge in [0.1, 0.15) is 25.9 Å². The number of ether oxygens (including phenoxy) is 3. The Balaban J connectivity index is 1.25. The van der Waals surface area contributed by atoms with Gasteiger partial charge in [0.15, 0.2) is 6.04 Å². The molecule has 12 heteroatoms. The van der Waals surface area contributed by atoms with Gasteiger partial charge in [-0.05, 0) is 52.6 Å². The number of hydrogen-bond donors (Lipinski definition) is 3. The molecule has 0 aromatic heterocycles. The summed E-state index contributed by atoms with van der Waals surface area (Å²) in [4.78, 5) is 69.0. The number of nitrogens with one attached hydrogen (secondary N) is 2. The molecule has 3 unspecified atom stereocenters. The van der Waals surface area contributed by atoms with E-state index in [1.54, 1.807) is 30.3 Å². The van der Waals surface area contributed by atoms with E-state index in [4.69, 9.17) is 14.2 Å². The molecule has 0 bridgehead atoms. The standard InChI is InChI=1S/C47H51N3O9/c1-3-5-25-41(49-47(56)59-31-40-38-23-14-12-21-36(38)37-22-13-15-24-39(37)40)45(54)58-32-42(46(55)57-30-34-19-10-7-11-20-34)48-44(53)35(16-4-2)28-43(52)50(26-27-51)29-33-17-8-6-9-18-33/h3-4,6-15,17-24,35,40-42,51H,1-2,5,16,25-32H2,(H,48,53)(H,49,56). The zero-order chi connectivity index (χ0) is 42.0. The highest BCUT2D eigenvalue weighted by molar-refractivity contribution is 5.90. The molecular weight excluding hydrogens is 751 g/mol. The van der Waals surface area contributed by atoms with Crippen molar-refractivity contribution in [3.63, 3.8) is 0 Å². The van der Waals surface area contributed by atoms with Crippen LogP contribution in [0.15, 0.2) is 135 Å². The number of amides is 3. The molecule has 3 amide bonds. The molecule has 0 radical (unpaired) electrons. The highest BCUT2D eigenvalue weighted by atomic mass is 16.6. The maximum atomic E-state index is 13.8. The molecule has 4 aromatic carbocycles. The predicted octanol–water partition coefficient (Wildman–Crippen LogP) is 6.23. The van der Waals surface area contributed by atoms with Gasteiger partial charge in [-0.15, -0.1) is 13.2 Å². The molecule has 3 N–H and O–H groups in total. The second-order valence-corrected chi connectivity index (χ2v) is 14.1. The van der Waals surface area contributed by atoms with Gasteiger partial charge in [0.05, 0.1) is 12.5 Å². The molecule has 5 rings (SSSR count). The SMILES string of the molecule is C=CCCC(NC(=O)OCC1c2ccccc2-c2ccccc21)C(=O)OCC(NC(=O)C(CC=C)CC(=O)N(CCO)Cc1ccccc1)C(=O)OCc1ccccc1. The van der Waals surface area contributed by atoms with Gasteiger partial charge >= 0.3 is 18.0 Å². The second-order valence-electron chi connectivity index (χ2n) is 14.1. The number of carbonyl (C=O) groups excluding carboxylic acids is 5. The summed E-state index contributed by atoms with van der Waals surface area (Å²) >= 11 is 0. The molecule has 0 aliphatic heterocycles. The van der Waals surface area contributed by atoms with E-state index in [-0.39, 0.29) is 64.0 Å². The number of carbonyl (C=O) groups is 5. The topological polar surface area (TPSA) is 161 Å². The Hall–Kier alpha value is -6.53. The Morgan fingerprint density at radius 3 is 1.92 bits per heavy atom. The zero-order valence-corrected chi connectivity index (χ0v) is 33.0. The number of aliphatic hydroxyl groups excluding tert-OH is 1. The summed E-state index contributed by atoms with van der Waals surface area (Å²) in [5.41, 5.74) is 5.75. The molecule has 4 aromatic rings. The molecule has 12 nitrogen and oxygen atoms in total. The van der Waals surface area contributed by atoms with Crippen LogP contribution in [0.2, 0.25) is 0 Å². The first-order valence-electron chi connectivity index (χ1n) is 19.7. The lowest BCUT2D eigenvalue weighted by Gasteiger charge is -2.25. The number of benzene rings is 4. The van der Waals surface area contributed by atoms with Crippen LogP contribution >= 0.6 is 0 Å². The van der Waals surface area contributed by atoms with Crippen molar-refractivity contribution < 1.29 is 43.3 Å². The molecule has 0 heterocycles. The van der Waals surface area contributed by atoms with Crippen LogP contribution in [0.25, 0.3) is 11.1 Å². The fraction of sp³-hybridized carbons (Fsp3) is 0.298. The summed E-state index contributed by atoms with van der Waals surface area (Å²) in [6.07, 6.45) is 2.57. The molecule has 3 atom stereocenters. The van der Waals surface area contributed by atoms with Crippen LogP contribution in [0, 0.1) is 5.92 Å². The Morgan fingerprint density at radius 1 is 0.712 bits per heavy atom. The number of nitrogens with zero attached hydrogens (tertiary/aromatic N) is 1. The van der Waals surface area contributed by atoms with Gasteiger partial charge in [0.25, 0.3) is 0 Å². The number of alkyl carbamates (subject to hydrolysis) is 1. The first-order chi connectivity index (χ1) is 28.7. The third-order valence-electron chi connectivity index (χ3n) is 9.98. The zero-order valence-electron chi connectivity index (χ0n) is 33.0. The Morgan fingerprint density at radius 2 is 1.31 bits per heavy atom. The summed E-state index contributed by atoms with van der Waals surface area (Å²) in [5.74, 6) is -3.94. The van der Waals surface area contributed by atoms with Crippen LogP contribution in [0.5, 0.6) is 0 Å². The molecular formula is C47H51N3O9. The molecule has 308 valence electrons. The first kappa shape index (κ1) is 43.6. The normalized spacial score (nSPS) is 13.0. The van der Waals surface area contributed by atoms with E-state index < -0.39 is 48.5 Å². The van der Waals surface area contributed by atoms with E-state index in [0.717, 1.165) is 27.8 Å². The minimum Gasteiger partial charge on any atom is -0.461 e. The van der Waals surface area contributed by atoms with E-state index in [2.05, 4.69) is 23.8 Å². The fourth-order valence-corrected chi connectivity index (χ4v) is 6.91. The van der Waals surface area contributed by atoms with E-state index in [9.17, 15) is 29.1 Å². The van der Waals surface area contributed by atoms with Crippen molar-refractivity contribution in [3.8, 4) is 11.1 Å². The quantitative estimate of drug-likeness (QED) is 0.0476. The summed E-state index contributed by atoms with van der Waals surface area (Å²) in [5, 5.41) is 14.9. The van der Waals surface area contributed by atoms with Crippen LogP contribution in [0.3, 0.4) is 0 Å². The third-order valence-corrected chi connectivity index (χ3v) is 9.98. The second kappa shape index (κ2) is 22.4. The number of esters is 2. The van der Waals surface area contributed by atoms with E-state index >= 15 is 0 Å². The van der Waals surface area contributed by atoms with Crippen molar-refractivity contribution in [3.05, 3.63) is 157 Å². The average molecular weight is 802 g/mol. The number of fused-ring (bicyclic) bond motifs is 3. The van der Waals surface area contributed by atoms with Gasteiger partial charge in [-0.3, -0.25) is 9.59 Å². The van der Waals surface area contributed by atoms with Crippen LogP contribution in [0.1, 0.15) is 53.9 Å². The van der Waals surface area contributed by atoms with Crippen molar-refractivity contribution in [2.45, 2.75) is 56.8 Å². The molecule has 0 saturated carbocycles. The highest BCUT2D eigenvalue weighted by Gasteiger charge is 2.33. The Kier molecular flexibility index (Phi) is 16.6. The van der Waals surface area contributed by atoms with Gasteiger partial charge in [-0.1, -0.05) is 121 Å². The molecule has 0 saturated heterocycles. The maximum Gasteiger partial charge on any atom is 0.407 e. The van der Waals surface area contributed by atoms with Crippen molar-refractivity contribution in [2.24, 2.45) is 5.92 Å². The number of allylic oxidation sites excluding steroid dienone is 2. The number of hydrogen-bond acceptors (Lipinski definition) is 9. The van der Waals surface area contributed by atoms with Crippen LogP contribution < -0.4 is 10.6 Å². The average Bonchev–Trinajstić information content (AvgIpc) is 3.58. The maximum absolute atomic E-state index is 13.8. The van der Waals surface area contributed by atoms with Gasteiger partial charge in [0.2, 0.25) is 11.8 Å². The molecule has 1 aliphatic rings. The van der Waals surface area contributed by atoms with E-state index in [1.165, 1.54) is 11.0 Å². The molecule has 59 heavy (non-hydrogen) atoms. The van der Waals surface area contributed by atoms with Crippen LogP contribution in [-0.2, 0) is 46.5 Å². The van der Waals surface area contributed by atoms with Crippen LogP contribution in [0.4, 0.5) is 4.79 Å². The van der Waals surface area contributed by atoms with Gasteiger partial charge in [-0.2, -0.15) is 0 Å². The fourth-order valence-electron chi connectivity index (χ4n) is 6.91. The summed E-state index contributed by atoms with van der Waals surface area (Å²) in [6, 6.07) is 31.4. The highest BCUT2D eigenvalue weighted by Crippen LogP contribution is 2.44. The van der Waals surface area contributed by atoms with E-state index in [1.807, 2.05) is 84.9 Å². The first-order valence-corrected chi connectivity index (χ1v) is 19.7. The van der Waals surface area contributed by atoms with Crippen molar-refractivity contribution in [1.82, 2.24) is 15.5 Å². The third kappa shape index (κ3) is 12.5. The Bertz CT molecular complexity index is 2010. The Labute approximate surface area is 344 Å². The smallest absolute Gasteiger partial charge is 0.407 e. The number of aliphatic hydroxyl groups is 1. The van der Waals surface area contributed by atoms with Crippen LogP contribution in [-0.4, -0.2) is 78.3 Å². The lowest BCUT2D eigenvalue weighted by atomic mass is 9.98. The summed E-state index contributed by atoms with van der Waals surface area (Å²) in [7, 11) is 0. The van der Waals surface area contributed by atoms with Crippen molar-refractivity contribution in [2.75, 3.05) is 26.4 Å². The van der Waals surface area contributed by atoms with Gasteiger partial charge < -0.3 is 34.9 Å². The molecule has 1 aliphatic carbocycles. The minimum atomic E-state index is -1.47. The van der Waals surface area contributed by atoms with Gasteiger partial charge in [-0.25, -0.2) is 14.4 Å². The van der Waals surface area contributed by atoms with Crippen molar-refractivity contribution >= 4 is 29.8 Å². The van der Waals surface area contributed by atoms with Gasteiger partial charge in [0, 0.05) is 25.4 Å².